The Morgan fingerprint density at radius 1 is 1.17 bits per heavy atom. The molecule has 0 aliphatic carbocycles. The van der Waals surface area contributed by atoms with Crippen molar-refractivity contribution in [3.8, 4) is 0 Å². The molecule has 156 valence electrons. The maximum atomic E-state index is 13.0. The summed E-state index contributed by atoms with van der Waals surface area (Å²) in [6, 6.07) is 13.1. The zero-order valence-corrected chi connectivity index (χ0v) is 17.8. The molecule has 1 saturated heterocycles. The van der Waals surface area contributed by atoms with Crippen LogP contribution in [0.1, 0.15) is 42.2 Å². The van der Waals surface area contributed by atoms with Gasteiger partial charge in [0.1, 0.15) is 11.7 Å². The number of ether oxygens (including phenoxy) is 1. The van der Waals surface area contributed by atoms with Gasteiger partial charge in [-0.2, -0.15) is 0 Å². The van der Waals surface area contributed by atoms with Crippen molar-refractivity contribution in [3.63, 3.8) is 0 Å². The molecule has 0 spiro atoms. The molecule has 1 amide bonds. The van der Waals surface area contributed by atoms with Gasteiger partial charge in [-0.05, 0) is 62.6 Å². The number of hydrogen-bond acceptors (Lipinski definition) is 5. The van der Waals surface area contributed by atoms with Gasteiger partial charge in [-0.25, -0.2) is 9.78 Å². The molecule has 4 rings (SSSR count). The second kappa shape index (κ2) is 9.34. The summed E-state index contributed by atoms with van der Waals surface area (Å²) in [6.45, 7) is 2.71. The van der Waals surface area contributed by atoms with Crippen molar-refractivity contribution in [3.05, 3.63) is 66.1 Å². The SMILES string of the molecule is CCOC(=O)C1CCCCN1C(=O)c1ccc(SCc2cn3ccccc3n2)cc1. The Morgan fingerprint density at radius 3 is 2.77 bits per heavy atom. The van der Waals surface area contributed by atoms with Crippen molar-refractivity contribution in [2.24, 2.45) is 0 Å². The van der Waals surface area contributed by atoms with Crippen LogP contribution in [0.3, 0.4) is 0 Å². The number of rotatable bonds is 6. The summed E-state index contributed by atoms with van der Waals surface area (Å²) >= 11 is 1.68. The van der Waals surface area contributed by atoms with E-state index in [2.05, 4.69) is 4.98 Å². The second-order valence-corrected chi connectivity index (χ2v) is 8.32. The van der Waals surface area contributed by atoms with Gasteiger partial charge in [0.05, 0.1) is 12.3 Å². The number of nitrogens with zero attached hydrogens (tertiary/aromatic N) is 3. The van der Waals surface area contributed by atoms with E-state index in [1.54, 1.807) is 23.6 Å². The molecular formula is C23H25N3O3S. The van der Waals surface area contributed by atoms with Gasteiger partial charge < -0.3 is 14.0 Å². The van der Waals surface area contributed by atoms with Crippen LogP contribution in [-0.2, 0) is 15.3 Å². The van der Waals surface area contributed by atoms with E-state index in [4.69, 9.17) is 4.74 Å². The normalized spacial score (nSPS) is 16.6. The molecule has 1 unspecified atom stereocenters. The number of piperidine rings is 1. The minimum Gasteiger partial charge on any atom is -0.464 e. The number of aromatic nitrogens is 2. The molecule has 0 N–H and O–H groups in total. The predicted molar refractivity (Wildman–Crippen MR) is 117 cm³/mol. The van der Waals surface area contributed by atoms with Crippen molar-refractivity contribution >= 4 is 29.3 Å². The van der Waals surface area contributed by atoms with E-state index >= 15 is 0 Å². The maximum Gasteiger partial charge on any atom is 0.328 e. The van der Waals surface area contributed by atoms with E-state index in [0.717, 1.165) is 34.8 Å². The van der Waals surface area contributed by atoms with Crippen molar-refractivity contribution < 1.29 is 14.3 Å². The molecule has 0 bridgehead atoms. The standard InChI is InChI=1S/C23H25N3O3S/c1-2-29-23(28)20-7-3-6-14-26(20)22(27)17-9-11-19(12-10-17)30-16-18-15-25-13-5-4-8-21(25)24-18/h4-5,8-13,15,20H,2-3,6-7,14,16H2,1H3. The average molecular weight is 424 g/mol. The molecule has 30 heavy (non-hydrogen) atoms. The number of esters is 1. The first kappa shape index (κ1) is 20.5. The number of benzene rings is 1. The van der Waals surface area contributed by atoms with E-state index in [9.17, 15) is 9.59 Å². The second-order valence-electron chi connectivity index (χ2n) is 7.27. The fourth-order valence-electron chi connectivity index (χ4n) is 3.73. The number of amides is 1. The van der Waals surface area contributed by atoms with Crippen LogP contribution in [0.5, 0.6) is 0 Å². The summed E-state index contributed by atoms with van der Waals surface area (Å²) in [6.07, 6.45) is 6.53. The molecule has 7 heteroatoms. The Hall–Kier alpha value is -2.80. The lowest BCUT2D eigenvalue weighted by atomic mass is 10.0. The van der Waals surface area contributed by atoms with Gasteiger partial charge in [0.15, 0.2) is 0 Å². The number of thioether (sulfide) groups is 1. The van der Waals surface area contributed by atoms with Gasteiger partial charge in [0.2, 0.25) is 0 Å². The number of imidazole rings is 1. The van der Waals surface area contributed by atoms with E-state index < -0.39 is 6.04 Å². The topological polar surface area (TPSA) is 63.9 Å². The molecule has 1 aromatic carbocycles. The van der Waals surface area contributed by atoms with Crippen LogP contribution >= 0.6 is 11.8 Å². The van der Waals surface area contributed by atoms with E-state index in [0.29, 0.717) is 25.1 Å². The highest BCUT2D eigenvalue weighted by Crippen LogP contribution is 2.25. The summed E-state index contributed by atoms with van der Waals surface area (Å²) in [5.41, 5.74) is 2.55. The van der Waals surface area contributed by atoms with Gasteiger partial charge in [0.25, 0.3) is 5.91 Å². The Kier molecular flexibility index (Phi) is 6.38. The number of carbonyl (C=O) groups is 2. The lowest BCUT2D eigenvalue weighted by Gasteiger charge is -2.34. The minimum atomic E-state index is -0.477. The molecule has 2 aromatic heterocycles. The summed E-state index contributed by atoms with van der Waals surface area (Å²) in [7, 11) is 0. The van der Waals surface area contributed by atoms with Crippen LogP contribution in [0, 0.1) is 0 Å². The molecule has 1 fully saturated rings. The highest BCUT2D eigenvalue weighted by Gasteiger charge is 2.33. The molecule has 0 saturated carbocycles. The average Bonchev–Trinajstić information content (AvgIpc) is 3.21. The Bertz CT molecular complexity index is 999. The maximum absolute atomic E-state index is 13.0. The smallest absolute Gasteiger partial charge is 0.328 e. The Morgan fingerprint density at radius 2 is 2.00 bits per heavy atom. The molecule has 3 aromatic rings. The van der Waals surface area contributed by atoms with Crippen LogP contribution in [0.2, 0.25) is 0 Å². The Labute approximate surface area is 180 Å². The summed E-state index contributed by atoms with van der Waals surface area (Å²) in [5.74, 6) is 0.348. The predicted octanol–water partition coefficient (Wildman–Crippen LogP) is 4.18. The molecule has 3 heterocycles. The van der Waals surface area contributed by atoms with Gasteiger partial charge in [-0.1, -0.05) is 6.07 Å². The molecule has 6 nitrogen and oxygen atoms in total. The van der Waals surface area contributed by atoms with E-state index in [1.165, 1.54) is 0 Å². The van der Waals surface area contributed by atoms with Crippen LogP contribution < -0.4 is 0 Å². The quantitative estimate of drug-likeness (QED) is 0.440. The summed E-state index contributed by atoms with van der Waals surface area (Å²) in [5, 5.41) is 0. The molecular weight excluding hydrogens is 398 g/mol. The van der Waals surface area contributed by atoms with E-state index in [1.807, 2.05) is 59.3 Å². The van der Waals surface area contributed by atoms with Crippen molar-refractivity contribution in [1.82, 2.24) is 14.3 Å². The Balaban J connectivity index is 1.40. The largest absolute Gasteiger partial charge is 0.464 e. The summed E-state index contributed by atoms with van der Waals surface area (Å²) in [4.78, 5) is 32.6. The van der Waals surface area contributed by atoms with Crippen LogP contribution in [0.15, 0.2) is 59.8 Å². The molecule has 1 atom stereocenters. The third-order valence-corrected chi connectivity index (χ3v) is 6.27. The minimum absolute atomic E-state index is 0.107. The summed E-state index contributed by atoms with van der Waals surface area (Å²) < 4.78 is 7.18. The van der Waals surface area contributed by atoms with Gasteiger partial charge in [-0.3, -0.25) is 4.79 Å². The van der Waals surface area contributed by atoms with E-state index in [-0.39, 0.29) is 11.9 Å². The van der Waals surface area contributed by atoms with Crippen molar-refractivity contribution in [2.45, 2.75) is 42.9 Å². The number of pyridine rings is 1. The molecule has 1 aliphatic heterocycles. The number of fused-ring (bicyclic) bond motifs is 1. The first-order valence-corrected chi connectivity index (χ1v) is 11.3. The lowest BCUT2D eigenvalue weighted by Crippen LogP contribution is -2.48. The van der Waals surface area contributed by atoms with Crippen LogP contribution in [0.25, 0.3) is 5.65 Å². The molecule has 1 aliphatic rings. The highest BCUT2D eigenvalue weighted by atomic mass is 32.2. The third kappa shape index (κ3) is 4.51. The fourth-order valence-corrected chi connectivity index (χ4v) is 4.51. The van der Waals surface area contributed by atoms with Gasteiger partial charge in [-0.15, -0.1) is 11.8 Å². The number of likely N-dealkylation sites (tertiary alicyclic amines) is 1. The highest BCUT2D eigenvalue weighted by molar-refractivity contribution is 7.98. The number of hydrogen-bond donors (Lipinski definition) is 0. The van der Waals surface area contributed by atoms with Crippen LogP contribution in [-0.4, -0.2) is 45.4 Å². The number of carbonyl (C=O) groups excluding carboxylic acids is 2. The van der Waals surface area contributed by atoms with Crippen molar-refractivity contribution in [1.29, 1.82) is 0 Å². The van der Waals surface area contributed by atoms with Crippen molar-refractivity contribution in [2.75, 3.05) is 13.2 Å². The third-order valence-electron chi connectivity index (χ3n) is 5.22. The van der Waals surface area contributed by atoms with Crippen LogP contribution in [0.4, 0.5) is 0 Å². The van der Waals surface area contributed by atoms with Gasteiger partial charge >= 0.3 is 5.97 Å². The van der Waals surface area contributed by atoms with Gasteiger partial charge in [0, 0.05) is 35.2 Å². The zero-order chi connectivity index (χ0) is 20.9. The first-order chi connectivity index (χ1) is 14.7. The monoisotopic (exact) mass is 423 g/mol. The molecule has 0 radical (unpaired) electrons. The fraction of sp³-hybridized carbons (Fsp3) is 0.348. The first-order valence-electron chi connectivity index (χ1n) is 10.3. The lowest BCUT2D eigenvalue weighted by molar-refractivity contribution is -0.149. The zero-order valence-electron chi connectivity index (χ0n) is 17.0.